The Morgan fingerprint density at radius 2 is 1.84 bits per heavy atom. The van der Waals surface area contributed by atoms with E-state index in [0.717, 1.165) is 27.6 Å². The van der Waals surface area contributed by atoms with Gasteiger partial charge in [-0.2, -0.15) is 0 Å². The van der Waals surface area contributed by atoms with Crippen LogP contribution < -0.4 is 15.2 Å². The zero-order chi connectivity index (χ0) is 14.0. The van der Waals surface area contributed by atoms with Gasteiger partial charge in [-0.1, -0.05) is 0 Å². The Kier molecular flexibility index (Phi) is 4.07. The number of ether oxygens (including phenoxy) is 2. The summed E-state index contributed by atoms with van der Waals surface area (Å²) in [5.41, 5.74) is 8.91. The average Bonchev–Trinajstić information content (AvgIpc) is 2.87. The van der Waals surface area contributed by atoms with Crippen LogP contribution >= 0.6 is 11.3 Å². The molecular weight excluding hydrogens is 260 g/mol. The highest BCUT2D eigenvalue weighted by molar-refractivity contribution is 7.10. The molecule has 0 aliphatic rings. The van der Waals surface area contributed by atoms with Crippen molar-refractivity contribution in [1.82, 2.24) is 4.98 Å². The van der Waals surface area contributed by atoms with E-state index in [2.05, 4.69) is 4.98 Å². The molecular formula is C14H18N2O2S. The molecule has 5 heteroatoms. The second kappa shape index (κ2) is 5.59. The fourth-order valence-electron chi connectivity index (χ4n) is 1.88. The number of nitrogens with two attached hydrogens (primary N) is 1. The summed E-state index contributed by atoms with van der Waals surface area (Å²) in [7, 11) is 3.26. The molecule has 2 N–H and O–H groups in total. The van der Waals surface area contributed by atoms with Gasteiger partial charge in [0.2, 0.25) is 0 Å². The van der Waals surface area contributed by atoms with Crippen molar-refractivity contribution in [3.05, 3.63) is 28.1 Å². The van der Waals surface area contributed by atoms with Gasteiger partial charge in [-0.05, 0) is 31.5 Å². The van der Waals surface area contributed by atoms with Crippen LogP contribution in [-0.4, -0.2) is 19.2 Å². The van der Waals surface area contributed by atoms with Crippen molar-refractivity contribution < 1.29 is 9.47 Å². The summed E-state index contributed by atoms with van der Waals surface area (Å²) in [6.45, 7) is 3.96. The Morgan fingerprint density at radius 1 is 1.21 bits per heavy atom. The van der Waals surface area contributed by atoms with E-state index < -0.39 is 0 Å². The van der Waals surface area contributed by atoms with Gasteiger partial charge in [-0.3, -0.25) is 0 Å². The maximum Gasteiger partial charge on any atom is 0.161 e. The summed E-state index contributed by atoms with van der Waals surface area (Å²) in [4.78, 5) is 4.57. The fourth-order valence-corrected chi connectivity index (χ4v) is 2.65. The molecule has 2 rings (SSSR count). The highest BCUT2D eigenvalue weighted by Gasteiger charge is 2.13. The van der Waals surface area contributed by atoms with E-state index in [-0.39, 0.29) is 6.04 Å². The van der Waals surface area contributed by atoms with Crippen molar-refractivity contribution in [3.8, 4) is 22.8 Å². The summed E-state index contributed by atoms with van der Waals surface area (Å²) in [5, 5.41) is 2.96. The number of hydrogen-bond acceptors (Lipinski definition) is 5. The van der Waals surface area contributed by atoms with Gasteiger partial charge in [0, 0.05) is 10.9 Å². The Bertz CT molecular complexity index is 579. The van der Waals surface area contributed by atoms with Crippen LogP contribution in [0.4, 0.5) is 0 Å². The lowest BCUT2D eigenvalue weighted by atomic mass is 10.1. The van der Waals surface area contributed by atoms with Crippen LogP contribution in [0.15, 0.2) is 17.5 Å². The summed E-state index contributed by atoms with van der Waals surface area (Å²) >= 11 is 1.58. The molecule has 0 saturated carbocycles. The highest BCUT2D eigenvalue weighted by atomic mass is 32.1. The molecule has 0 aliphatic heterocycles. The van der Waals surface area contributed by atoms with Gasteiger partial charge >= 0.3 is 0 Å². The maximum absolute atomic E-state index is 5.85. The third-order valence-electron chi connectivity index (χ3n) is 2.92. The van der Waals surface area contributed by atoms with E-state index in [0.29, 0.717) is 5.75 Å². The first-order valence-corrected chi connectivity index (χ1v) is 6.88. The number of aryl methyl sites for hydroxylation is 1. The van der Waals surface area contributed by atoms with Crippen molar-refractivity contribution in [2.24, 2.45) is 5.73 Å². The first-order chi connectivity index (χ1) is 9.06. The number of benzene rings is 1. The Morgan fingerprint density at radius 3 is 2.37 bits per heavy atom. The van der Waals surface area contributed by atoms with Gasteiger partial charge in [0.05, 0.1) is 26.0 Å². The third-order valence-corrected chi connectivity index (χ3v) is 3.96. The van der Waals surface area contributed by atoms with Crippen LogP contribution in [0.1, 0.15) is 23.5 Å². The van der Waals surface area contributed by atoms with Gasteiger partial charge in [0.1, 0.15) is 5.01 Å². The Balaban J connectivity index is 2.49. The normalized spacial score (nSPS) is 12.3. The largest absolute Gasteiger partial charge is 0.493 e. The Labute approximate surface area is 117 Å². The smallest absolute Gasteiger partial charge is 0.161 e. The number of thiazole rings is 1. The van der Waals surface area contributed by atoms with Crippen LogP contribution in [0.5, 0.6) is 11.5 Å². The van der Waals surface area contributed by atoms with Crippen molar-refractivity contribution in [3.63, 3.8) is 0 Å². The zero-order valence-electron chi connectivity index (χ0n) is 11.6. The lowest BCUT2D eigenvalue weighted by Gasteiger charge is -2.11. The van der Waals surface area contributed by atoms with Crippen molar-refractivity contribution >= 4 is 11.3 Å². The van der Waals surface area contributed by atoms with Crippen molar-refractivity contribution in [2.75, 3.05) is 14.2 Å². The molecule has 1 aromatic carbocycles. The molecule has 4 nitrogen and oxygen atoms in total. The molecule has 0 radical (unpaired) electrons. The second-order valence-electron chi connectivity index (χ2n) is 4.38. The number of rotatable bonds is 4. The molecule has 2 aromatic rings. The molecule has 0 aliphatic carbocycles. The van der Waals surface area contributed by atoms with Gasteiger partial charge in [0.25, 0.3) is 0 Å². The topological polar surface area (TPSA) is 57.4 Å². The van der Waals surface area contributed by atoms with Crippen LogP contribution in [0.25, 0.3) is 11.3 Å². The van der Waals surface area contributed by atoms with Gasteiger partial charge in [-0.15, -0.1) is 11.3 Å². The number of aromatic nitrogens is 1. The van der Waals surface area contributed by atoms with E-state index >= 15 is 0 Å². The van der Waals surface area contributed by atoms with E-state index in [1.165, 1.54) is 0 Å². The van der Waals surface area contributed by atoms with Gasteiger partial charge in [0.15, 0.2) is 11.5 Å². The first kappa shape index (κ1) is 13.8. The number of methoxy groups -OCH3 is 2. The average molecular weight is 278 g/mol. The molecule has 0 saturated heterocycles. The van der Waals surface area contributed by atoms with Crippen LogP contribution in [0.2, 0.25) is 0 Å². The summed E-state index contributed by atoms with van der Waals surface area (Å²) in [5.74, 6) is 1.44. The predicted octanol–water partition coefficient (Wildman–Crippen LogP) is 3.16. The van der Waals surface area contributed by atoms with Crippen LogP contribution in [0, 0.1) is 6.92 Å². The number of nitrogens with zero attached hydrogens (tertiary/aromatic N) is 1. The molecule has 0 bridgehead atoms. The molecule has 0 spiro atoms. The summed E-state index contributed by atoms with van der Waals surface area (Å²) in [6.07, 6.45) is 0. The third kappa shape index (κ3) is 2.72. The van der Waals surface area contributed by atoms with E-state index in [9.17, 15) is 0 Å². The minimum Gasteiger partial charge on any atom is -0.493 e. The SMILES string of the molecule is COc1cc(C)c(-c2csc(C(C)N)n2)cc1OC. The lowest BCUT2D eigenvalue weighted by Crippen LogP contribution is -2.04. The van der Waals surface area contributed by atoms with Crippen molar-refractivity contribution in [1.29, 1.82) is 0 Å². The van der Waals surface area contributed by atoms with E-state index in [4.69, 9.17) is 15.2 Å². The molecule has 0 fully saturated rings. The Hall–Kier alpha value is -1.59. The van der Waals surface area contributed by atoms with Crippen molar-refractivity contribution in [2.45, 2.75) is 19.9 Å². The fraction of sp³-hybridized carbons (Fsp3) is 0.357. The van der Waals surface area contributed by atoms with Gasteiger partial charge in [-0.25, -0.2) is 4.98 Å². The van der Waals surface area contributed by atoms with Gasteiger partial charge < -0.3 is 15.2 Å². The number of hydrogen-bond donors (Lipinski definition) is 1. The van der Waals surface area contributed by atoms with E-state index in [1.54, 1.807) is 25.6 Å². The van der Waals surface area contributed by atoms with Crippen LogP contribution in [0.3, 0.4) is 0 Å². The summed E-state index contributed by atoms with van der Waals surface area (Å²) in [6, 6.07) is 3.87. The van der Waals surface area contributed by atoms with Crippen LogP contribution in [-0.2, 0) is 0 Å². The standard InChI is InChI=1S/C14H18N2O2S/c1-8-5-12(17-3)13(18-4)6-10(8)11-7-19-14(16-11)9(2)15/h5-7,9H,15H2,1-4H3. The molecule has 1 atom stereocenters. The minimum atomic E-state index is -0.0424. The minimum absolute atomic E-state index is 0.0424. The molecule has 1 heterocycles. The second-order valence-corrected chi connectivity index (χ2v) is 5.27. The summed E-state index contributed by atoms with van der Waals surface area (Å²) < 4.78 is 10.6. The molecule has 1 aromatic heterocycles. The molecule has 102 valence electrons. The quantitative estimate of drug-likeness (QED) is 0.933. The lowest BCUT2D eigenvalue weighted by molar-refractivity contribution is 0.355. The predicted molar refractivity (Wildman–Crippen MR) is 78.0 cm³/mol. The highest BCUT2D eigenvalue weighted by Crippen LogP contribution is 2.36. The monoisotopic (exact) mass is 278 g/mol. The first-order valence-electron chi connectivity index (χ1n) is 6.00. The zero-order valence-corrected chi connectivity index (χ0v) is 12.4. The van der Waals surface area contributed by atoms with E-state index in [1.807, 2.05) is 31.4 Å². The molecule has 1 unspecified atom stereocenters. The maximum atomic E-state index is 5.85. The molecule has 0 amide bonds. The molecule has 19 heavy (non-hydrogen) atoms.